The van der Waals surface area contributed by atoms with Crippen molar-refractivity contribution in [2.45, 2.75) is 55.7 Å². The minimum absolute atomic E-state index is 0.00867. The van der Waals surface area contributed by atoms with Crippen molar-refractivity contribution in [3.63, 3.8) is 0 Å². The quantitative estimate of drug-likeness (QED) is 0.212. The van der Waals surface area contributed by atoms with Crippen molar-refractivity contribution < 1.29 is 28.4 Å². The number of nitrogens with zero attached hydrogens (tertiary/aromatic N) is 2. The molecule has 160 valence electrons. The number of carboxylic acid groups (broad SMARTS) is 1. The van der Waals surface area contributed by atoms with Gasteiger partial charge in [-0.25, -0.2) is 0 Å². The van der Waals surface area contributed by atoms with E-state index in [9.17, 15) is 18.3 Å². The van der Waals surface area contributed by atoms with E-state index in [2.05, 4.69) is 5.32 Å². The molecule has 0 spiro atoms. The highest BCUT2D eigenvalue weighted by atomic mass is 32.2. The highest BCUT2D eigenvalue weighted by Crippen LogP contribution is 2.38. The molecule has 0 aromatic heterocycles. The van der Waals surface area contributed by atoms with Crippen LogP contribution in [0.3, 0.4) is 0 Å². The van der Waals surface area contributed by atoms with Crippen molar-refractivity contribution in [1.82, 2.24) is 13.9 Å². The van der Waals surface area contributed by atoms with Crippen LogP contribution in [-0.2, 0) is 15.0 Å². The fourth-order valence-corrected chi connectivity index (χ4v) is 6.47. The maximum Gasteiger partial charge on any atom is 0.451 e. The van der Waals surface area contributed by atoms with Gasteiger partial charge in [0.05, 0.1) is 0 Å². The molecule has 3 fully saturated rings. The van der Waals surface area contributed by atoms with Gasteiger partial charge in [0.15, 0.2) is 0 Å². The van der Waals surface area contributed by atoms with Crippen molar-refractivity contribution in [2.75, 3.05) is 26.2 Å². The Balaban J connectivity index is 1.79. The Bertz CT molecular complexity index is 690. The van der Waals surface area contributed by atoms with Crippen LogP contribution in [0.15, 0.2) is 0 Å². The van der Waals surface area contributed by atoms with E-state index in [4.69, 9.17) is 21.5 Å². The highest BCUT2D eigenvalue weighted by molar-refractivity contribution is 7.86. The molecule has 0 aromatic rings. The Hall–Kier alpha value is -0.795. The Morgan fingerprint density at radius 2 is 2.07 bits per heavy atom. The number of carboxylic acids is 1. The Morgan fingerprint density at radius 1 is 1.39 bits per heavy atom. The van der Waals surface area contributed by atoms with Crippen LogP contribution in [0.2, 0.25) is 6.32 Å². The predicted octanol–water partition coefficient (Wildman–Crippen LogP) is -3.04. The fraction of sp³-hybridized carbons (Fsp3) is 0.933. The third-order valence-electron chi connectivity index (χ3n) is 6.12. The van der Waals surface area contributed by atoms with Crippen molar-refractivity contribution >= 4 is 23.3 Å². The smallest absolute Gasteiger partial charge is 0.451 e. The van der Waals surface area contributed by atoms with E-state index >= 15 is 0 Å². The SMILES string of the molecule is NC1CC1N(C1CCNC1)S(=O)(=O)N1C[C@H](CCCB(O)O)[C@](N)(C(=O)O)C1. The van der Waals surface area contributed by atoms with Crippen LogP contribution in [0.1, 0.15) is 25.7 Å². The Morgan fingerprint density at radius 3 is 2.57 bits per heavy atom. The number of nitrogens with two attached hydrogens (primary N) is 2. The van der Waals surface area contributed by atoms with Gasteiger partial charge in [0.2, 0.25) is 0 Å². The number of nitrogens with one attached hydrogen (secondary N) is 1. The second-order valence-electron chi connectivity index (χ2n) is 8.20. The van der Waals surface area contributed by atoms with Gasteiger partial charge in [0.25, 0.3) is 10.2 Å². The molecule has 2 heterocycles. The van der Waals surface area contributed by atoms with Gasteiger partial charge in [-0.15, -0.1) is 0 Å². The number of carbonyl (C=O) groups is 1. The van der Waals surface area contributed by atoms with Crippen molar-refractivity contribution in [2.24, 2.45) is 17.4 Å². The molecule has 3 rings (SSSR count). The highest BCUT2D eigenvalue weighted by Gasteiger charge is 2.56. The van der Waals surface area contributed by atoms with E-state index < -0.39 is 34.8 Å². The maximum absolute atomic E-state index is 13.4. The largest absolute Gasteiger partial charge is 0.480 e. The van der Waals surface area contributed by atoms with Crippen LogP contribution in [0, 0.1) is 5.92 Å². The number of hydrogen-bond acceptors (Lipinski definition) is 8. The van der Waals surface area contributed by atoms with Gasteiger partial charge in [0.1, 0.15) is 5.54 Å². The number of hydrogen-bond donors (Lipinski definition) is 6. The molecule has 13 heteroatoms. The van der Waals surface area contributed by atoms with Gasteiger partial charge in [0, 0.05) is 43.7 Å². The maximum atomic E-state index is 13.4. The molecular formula is C15H30BN5O6S. The first kappa shape index (κ1) is 21.9. The molecule has 0 aromatic carbocycles. The molecule has 0 radical (unpaired) electrons. The summed E-state index contributed by atoms with van der Waals surface area (Å²) in [5.41, 5.74) is 10.4. The van der Waals surface area contributed by atoms with Crippen LogP contribution in [-0.4, -0.2) is 95.1 Å². The zero-order valence-electron chi connectivity index (χ0n) is 15.8. The molecule has 0 amide bonds. The van der Waals surface area contributed by atoms with Gasteiger partial charge in [-0.2, -0.15) is 17.0 Å². The van der Waals surface area contributed by atoms with Gasteiger partial charge in [-0.1, -0.05) is 6.42 Å². The molecule has 28 heavy (non-hydrogen) atoms. The molecule has 1 saturated carbocycles. The summed E-state index contributed by atoms with van der Waals surface area (Å²) in [7, 11) is -5.41. The van der Waals surface area contributed by atoms with Gasteiger partial charge in [-0.3, -0.25) is 4.79 Å². The van der Waals surface area contributed by atoms with Crippen LogP contribution >= 0.6 is 0 Å². The van der Waals surface area contributed by atoms with Crippen molar-refractivity contribution in [1.29, 1.82) is 0 Å². The molecule has 3 unspecified atom stereocenters. The van der Waals surface area contributed by atoms with Gasteiger partial charge < -0.3 is 31.9 Å². The molecule has 1 aliphatic carbocycles. The Kier molecular flexibility index (Phi) is 6.37. The summed E-state index contributed by atoms with van der Waals surface area (Å²) in [6.07, 6.45) is 1.98. The van der Waals surface area contributed by atoms with E-state index in [1.54, 1.807) is 0 Å². The summed E-state index contributed by atoms with van der Waals surface area (Å²) >= 11 is 0. The van der Waals surface area contributed by atoms with Crippen LogP contribution in [0.4, 0.5) is 0 Å². The topological polar surface area (TPSA) is 182 Å². The first-order chi connectivity index (χ1) is 13.1. The minimum Gasteiger partial charge on any atom is -0.480 e. The van der Waals surface area contributed by atoms with E-state index in [0.29, 0.717) is 32.2 Å². The van der Waals surface area contributed by atoms with E-state index in [1.165, 1.54) is 8.61 Å². The summed E-state index contributed by atoms with van der Waals surface area (Å²) in [4.78, 5) is 11.8. The molecule has 0 bridgehead atoms. The molecule has 5 atom stereocenters. The van der Waals surface area contributed by atoms with Gasteiger partial charge in [-0.05, 0) is 32.1 Å². The standard InChI is InChI=1S/C15H30BN5O6S/c17-12-6-13(12)21(11-3-5-19-7-11)28(26,27)20-8-10(2-1-4-16(24)25)15(18,9-20)14(22)23/h10-13,19,24-25H,1-9,17-18H2,(H,22,23)/t10-,11?,12?,13?,15-/m0/s1. The molecule has 11 nitrogen and oxygen atoms in total. The summed E-state index contributed by atoms with van der Waals surface area (Å²) in [6.45, 7) is 0.947. The van der Waals surface area contributed by atoms with Crippen LogP contribution in [0.25, 0.3) is 0 Å². The number of rotatable bonds is 9. The molecule has 2 saturated heterocycles. The fourth-order valence-electron chi connectivity index (χ4n) is 4.32. The normalized spacial score (nSPS) is 36.2. The van der Waals surface area contributed by atoms with Crippen molar-refractivity contribution in [3.8, 4) is 0 Å². The Labute approximate surface area is 165 Å². The van der Waals surface area contributed by atoms with Crippen LogP contribution < -0.4 is 16.8 Å². The first-order valence-electron chi connectivity index (χ1n) is 9.70. The van der Waals surface area contributed by atoms with E-state index in [1.807, 2.05) is 0 Å². The van der Waals surface area contributed by atoms with E-state index in [0.717, 1.165) is 6.54 Å². The lowest BCUT2D eigenvalue weighted by Gasteiger charge is -2.32. The second kappa shape index (κ2) is 8.15. The summed E-state index contributed by atoms with van der Waals surface area (Å²) < 4.78 is 29.5. The minimum atomic E-state index is -3.93. The summed E-state index contributed by atoms with van der Waals surface area (Å²) in [5, 5.41) is 30.8. The third kappa shape index (κ3) is 4.21. The number of aliphatic carboxylic acids is 1. The average Bonchev–Trinajstić information content (AvgIpc) is 3.00. The zero-order chi connectivity index (χ0) is 20.7. The predicted molar refractivity (Wildman–Crippen MR) is 102 cm³/mol. The monoisotopic (exact) mass is 419 g/mol. The third-order valence-corrected chi connectivity index (χ3v) is 8.15. The molecular weight excluding hydrogens is 389 g/mol. The zero-order valence-corrected chi connectivity index (χ0v) is 16.6. The lowest BCUT2D eigenvalue weighted by Crippen LogP contribution is -2.56. The lowest BCUT2D eigenvalue weighted by atomic mass is 9.78. The molecule has 2 aliphatic heterocycles. The van der Waals surface area contributed by atoms with Crippen molar-refractivity contribution in [3.05, 3.63) is 0 Å². The molecule has 8 N–H and O–H groups in total. The van der Waals surface area contributed by atoms with Crippen LogP contribution in [0.5, 0.6) is 0 Å². The van der Waals surface area contributed by atoms with Gasteiger partial charge >= 0.3 is 13.1 Å². The average molecular weight is 419 g/mol. The summed E-state index contributed by atoms with van der Waals surface area (Å²) in [5.74, 6) is -1.87. The second-order valence-corrected chi connectivity index (χ2v) is 10.0. The first-order valence-corrected chi connectivity index (χ1v) is 11.1. The molecule has 3 aliphatic rings. The summed E-state index contributed by atoms with van der Waals surface area (Å²) in [6, 6.07) is -0.679. The van der Waals surface area contributed by atoms with E-state index in [-0.39, 0.29) is 37.5 Å². The lowest BCUT2D eigenvalue weighted by molar-refractivity contribution is -0.144.